The van der Waals surface area contributed by atoms with E-state index in [1.54, 1.807) is 0 Å². The van der Waals surface area contributed by atoms with Gasteiger partial charge in [0.05, 0.1) is 6.10 Å². The second kappa shape index (κ2) is 6.01. The average molecular weight is 266 g/mol. The van der Waals surface area contributed by atoms with Crippen LogP contribution in [0.5, 0.6) is 0 Å². The Morgan fingerprint density at radius 3 is 2.42 bits per heavy atom. The van der Waals surface area contributed by atoms with Gasteiger partial charge >= 0.3 is 0 Å². The van der Waals surface area contributed by atoms with E-state index >= 15 is 0 Å². The monoisotopic (exact) mass is 266 g/mol. The quantitative estimate of drug-likeness (QED) is 0.768. The van der Waals surface area contributed by atoms with Crippen LogP contribution < -0.4 is 0 Å². The first-order chi connectivity index (χ1) is 9.08. The fourth-order valence-electron chi connectivity index (χ4n) is 2.55. The number of aryl methyl sites for hydroxylation is 1. The Morgan fingerprint density at radius 1 is 1.05 bits per heavy atom. The smallest absolute Gasteiger partial charge is 0.113 e. The Bertz CT molecular complexity index is 418. The van der Waals surface area contributed by atoms with Crippen LogP contribution in [-0.4, -0.2) is 39.7 Å². The third-order valence-electron chi connectivity index (χ3n) is 3.80. The number of ether oxygens (including phenoxy) is 1. The summed E-state index contributed by atoms with van der Waals surface area (Å²) in [5, 5.41) is 29.9. The first-order valence-electron chi connectivity index (χ1n) is 6.87. The van der Waals surface area contributed by atoms with Crippen LogP contribution in [0.3, 0.4) is 0 Å². The molecule has 0 saturated carbocycles. The van der Waals surface area contributed by atoms with E-state index in [0.717, 1.165) is 17.5 Å². The van der Waals surface area contributed by atoms with Crippen molar-refractivity contribution in [1.29, 1.82) is 0 Å². The van der Waals surface area contributed by atoms with E-state index in [9.17, 15) is 15.3 Å². The number of hydrogen-bond donors (Lipinski definition) is 3. The molecule has 106 valence electrons. The summed E-state index contributed by atoms with van der Waals surface area (Å²) in [6, 6.07) is 7.79. The first kappa shape index (κ1) is 14.5. The molecule has 0 aliphatic carbocycles. The highest BCUT2D eigenvalue weighted by atomic mass is 16.5. The molecular weight excluding hydrogens is 244 g/mol. The van der Waals surface area contributed by atoms with Gasteiger partial charge in [0.1, 0.15) is 24.4 Å². The van der Waals surface area contributed by atoms with Gasteiger partial charge in [0.25, 0.3) is 0 Å². The van der Waals surface area contributed by atoms with Crippen molar-refractivity contribution in [3.05, 3.63) is 35.4 Å². The molecule has 0 bridgehead atoms. The summed E-state index contributed by atoms with van der Waals surface area (Å²) in [7, 11) is 0. The second-order valence-electron chi connectivity index (χ2n) is 5.07. The van der Waals surface area contributed by atoms with Crippen LogP contribution in [0.1, 0.15) is 37.5 Å². The SMILES string of the molecule is CCc1cccc(C2OC(CC)C(O)C(O)C2O)c1. The van der Waals surface area contributed by atoms with Crippen LogP contribution in [0, 0.1) is 0 Å². The maximum absolute atomic E-state index is 10.1. The van der Waals surface area contributed by atoms with Gasteiger partial charge in [0, 0.05) is 0 Å². The van der Waals surface area contributed by atoms with Gasteiger partial charge in [0.2, 0.25) is 0 Å². The maximum atomic E-state index is 10.1. The van der Waals surface area contributed by atoms with E-state index in [1.807, 2.05) is 31.2 Å². The number of hydrogen-bond acceptors (Lipinski definition) is 4. The molecule has 5 unspecified atom stereocenters. The zero-order valence-corrected chi connectivity index (χ0v) is 11.4. The zero-order chi connectivity index (χ0) is 14.0. The standard InChI is InChI=1S/C15H22O4/c1-3-9-6-5-7-10(8-9)15-14(18)13(17)12(16)11(4-2)19-15/h5-8,11-18H,3-4H2,1-2H3. The summed E-state index contributed by atoms with van der Waals surface area (Å²) in [4.78, 5) is 0. The molecule has 3 N–H and O–H groups in total. The molecule has 0 radical (unpaired) electrons. The predicted molar refractivity (Wildman–Crippen MR) is 71.7 cm³/mol. The molecule has 1 aromatic rings. The van der Waals surface area contributed by atoms with Crippen molar-refractivity contribution in [3.8, 4) is 0 Å². The van der Waals surface area contributed by atoms with Gasteiger partial charge in [-0.2, -0.15) is 0 Å². The van der Waals surface area contributed by atoms with Gasteiger partial charge in [-0.15, -0.1) is 0 Å². The van der Waals surface area contributed by atoms with Gasteiger partial charge < -0.3 is 20.1 Å². The molecule has 5 atom stereocenters. The summed E-state index contributed by atoms with van der Waals surface area (Å²) in [5.74, 6) is 0. The van der Waals surface area contributed by atoms with Crippen molar-refractivity contribution < 1.29 is 20.1 Å². The van der Waals surface area contributed by atoms with Crippen molar-refractivity contribution >= 4 is 0 Å². The number of aliphatic hydroxyl groups is 3. The highest BCUT2D eigenvalue weighted by molar-refractivity contribution is 5.27. The molecule has 4 nitrogen and oxygen atoms in total. The zero-order valence-electron chi connectivity index (χ0n) is 11.4. The van der Waals surface area contributed by atoms with E-state index in [1.165, 1.54) is 0 Å². The van der Waals surface area contributed by atoms with Gasteiger partial charge in [-0.25, -0.2) is 0 Å². The first-order valence-corrected chi connectivity index (χ1v) is 6.87. The highest BCUT2D eigenvalue weighted by Crippen LogP contribution is 2.33. The molecule has 1 aliphatic heterocycles. The van der Waals surface area contributed by atoms with E-state index < -0.39 is 30.5 Å². The highest BCUT2D eigenvalue weighted by Gasteiger charge is 2.43. The van der Waals surface area contributed by atoms with Crippen molar-refractivity contribution in [2.45, 2.75) is 57.2 Å². The summed E-state index contributed by atoms with van der Waals surface area (Å²) in [6.45, 7) is 3.95. The summed E-state index contributed by atoms with van der Waals surface area (Å²) in [6.07, 6.45) is -2.86. The molecule has 0 spiro atoms. The molecule has 1 aromatic carbocycles. The molecule has 19 heavy (non-hydrogen) atoms. The van der Waals surface area contributed by atoms with Crippen molar-refractivity contribution in [2.24, 2.45) is 0 Å². The summed E-state index contributed by atoms with van der Waals surface area (Å²) in [5.41, 5.74) is 2.00. The lowest BCUT2D eigenvalue weighted by Gasteiger charge is -2.40. The van der Waals surface area contributed by atoms with Crippen LogP contribution in [0.25, 0.3) is 0 Å². The molecular formula is C15H22O4. The third-order valence-corrected chi connectivity index (χ3v) is 3.80. The lowest BCUT2D eigenvalue weighted by atomic mass is 9.89. The van der Waals surface area contributed by atoms with E-state index in [4.69, 9.17) is 4.74 Å². The van der Waals surface area contributed by atoms with E-state index in [0.29, 0.717) is 6.42 Å². The minimum Gasteiger partial charge on any atom is -0.388 e. The van der Waals surface area contributed by atoms with Gasteiger partial charge in [-0.1, -0.05) is 38.1 Å². The second-order valence-corrected chi connectivity index (χ2v) is 5.07. The van der Waals surface area contributed by atoms with Gasteiger partial charge in [-0.3, -0.25) is 0 Å². The minimum absolute atomic E-state index is 0.450. The molecule has 2 rings (SSSR count). The fourth-order valence-corrected chi connectivity index (χ4v) is 2.55. The van der Waals surface area contributed by atoms with Crippen LogP contribution in [-0.2, 0) is 11.2 Å². The lowest BCUT2D eigenvalue weighted by molar-refractivity contribution is -0.225. The van der Waals surface area contributed by atoms with Crippen LogP contribution >= 0.6 is 0 Å². The topological polar surface area (TPSA) is 69.9 Å². The summed E-state index contributed by atoms with van der Waals surface area (Å²) >= 11 is 0. The van der Waals surface area contributed by atoms with Crippen LogP contribution in [0.2, 0.25) is 0 Å². The normalized spacial score (nSPS) is 35.3. The molecule has 1 heterocycles. The van der Waals surface area contributed by atoms with Crippen molar-refractivity contribution in [3.63, 3.8) is 0 Å². The largest absolute Gasteiger partial charge is 0.388 e. The van der Waals surface area contributed by atoms with Crippen LogP contribution in [0.4, 0.5) is 0 Å². The minimum atomic E-state index is -1.17. The fraction of sp³-hybridized carbons (Fsp3) is 0.600. The number of aliphatic hydroxyl groups excluding tert-OH is 3. The molecule has 0 aromatic heterocycles. The van der Waals surface area contributed by atoms with E-state index in [-0.39, 0.29) is 0 Å². The average Bonchev–Trinajstić information content (AvgIpc) is 2.45. The maximum Gasteiger partial charge on any atom is 0.113 e. The Balaban J connectivity index is 2.26. The van der Waals surface area contributed by atoms with Gasteiger partial charge in [0.15, 0.2) is 0 Å². The Kier molecular flexibility index (Phi) is 4.58. The number of benzene rings is 1. The molecule has 1 aliphatic rings. The molecule has 4 heteroatoms. The van der Waals surface area contributed by atoms with Crippen LogP contribution in [0.15, 0.2) is 24.3 Å². The van der Waals surface area contributed by atoms with Crippen molar-refractivity contribution in [2.75, 3.05) is 0 Å². The predicted octanol–water partition coefficient (Wildman–Crippen LogP) is 1.18. The molecule has 1 fully saturated rings. The third kappa shape index (κ3) is 2.82. The number of rotatable bonds is 3. The Hall–Kier alpha value is -0.940. The molecule has 1 saturated heterocycles. The Labute approximate surface area is 113 Å². The van der Waals surface area contributed by atoms with Gasteiger partial charge in [-0.05, 0) is 24.0 Å². The van der Waals surface area contributed by atoms with Crippen molar-refractivity contribution in [1.82, 2.24) is 0 Å². The summed E-state index contributed by atoms with van der Waals surface area (Å²) < 4.78 is 5.76. The lowest BCUT2D eigenvalue weighted by Crippen LogP contribution is -2.53. The molecule has 0 amide bonds. The Morgan fingerprint density at radius 2 is 1.79 bits per heavy atom. The van der Waals surface area contributed by atoms with E-state index in [2.05, 4.69) is 6.92 Å².